The number of carbonyl (C=O) groups excluding carboxylic acids is 1. The van der Waals surface area contributed by atoms with Crippen molar-refractivity contribution in [3.8, 4) is 17.6 Å². The van der Waals surface area contributed by atoms with Gasteiger partial charge < -0.3 is 14.8 Å². The lowest BCUT2D eigenvalue weighted by Crippen LogP contribution is -2.30. The molecule has 2 aromatic carbocycles. The standard InChI is InChI=1S/C32H34N4O4S2/c1-5-6-16-35-29(34-20-23-9-13-25(40-4)14-10-23)26(21(2)27(19-33)30(35)37)18-28-31(38)36(32(41)42-28)17-15-22-7-11-24(39-3)12-8-22/h7-14,18,34H,5-6,15-17,20H2,1-4H3/b28-18+. The summed E-state index contributed by atoms with van der Waals surface area (Å²) < 4.78 is 12.6. The molecule has 1 fully saturated rings. The Bertz CT molecular complexity index is 1590. The third-order valence-corrected chi connectivity index (χ3v) is 8.54. The van der Waals surface area contributed by atoms with Crippen molar-refractivity contribution in [2.24, 2.45) is 0 Å². The highest BCUT2D eigenvalue weighted by Crippen LogP contribution is 2.35. The van der Waals surface area contributed by atoms with E-state index >= 15 is 0 Å². The largest absolute Gasteiger partial charge is 0.497 e. The number of ether oxygens (including phenoxy) is 2. The lowest BCUT2D eigenvalue weighted by molar-refractivity contribution is -0.122. The number of pyridine rings is 1. The van der Waals surface area contributed by atoms with Crippen LogP contribution in [0.3, 0.4) is 0 Å². The van der Waals surface area contributed by atoms with Crippen LogP contribution in [0.5, 0.6) is 11.5 Å². The number of unbranched alkanes of at least 4 members (excludes halogenated alkanes) is 1. The first kappa shape index (κ1) is 30.9. The molecule has 1 saturated heterocycles. The Balaban J connectivity index is 1.68. The summed E-state index contributed by atoms with van der Waals surface area (Å²) in [6, 6.07) is 17.5. The third-order valence-electron chi connectivity index (χ3n) is 7.16. The SMILES string of the molecule is CCCCn1c(NCc2ccc(OC)cc2)c(/C=C2/SC(=S)N(CCc3ccc(OC)cc3)C2=O)c(C)c(C#N)c1=O. The second kappa shape index (κ2) is 14.2. The summed E-state index contributed by atoms with van der Waals surface area (Å²) in [5, 5.41) is 13.3. The van der Waals surface area contributed by atoms with E-state index in [4.69, 9.17) is 21.7 Å². The van der Waals surface area contributed by atoms with Gasteiger partial charge in [-0.3, -0.25) is 19.1 Å². The van der Waals surface area contributed by atoms with Crippen LogP contribution in [0.4, 0.5) is 5.82 Å². The van der Waals surface area contributed by atoms with Gasteiger partial charge in [0.05, 0.1) is 19.1 Å². The van der Waals surface area contributed by atoms with E-state index in [1.54, 1.807) is 36.7 Å². The third kappa shape index (κ3) is 6.86. The number of anilines is 1. The Kier molecular flexibility index (Phi) is 10.4. The van der Waals surface area contributed by atoms with Crippen molar-refractivity contribution in [2.45, 2.75) is 46.2 Å². The molecule has 218 valence electrons. The van der Waals surface area contributed by atoms with Crippen LogP contribution in [0, 0.1) is 18.3 Å². The zero-order chi connectivity index (χ0) is 30.2. The molecule has 1 N–H and O–H groups in total. The van der Waals surface area contributed by atoms with E-state index in [0.717, 1.165) is 35.5 Å². The normalized spacial score (nSPS) is 13.9. The van der Waals surface area contributed by atoms with Gasteiger partial charge in [0.25, 0.3) is 11.5 Å². The van der Waals surface area contributed by atoms with E-state index in [1.165, 1.54) is 11.8 Å². The highest BCUT2D eigenvalue weighted by atomic mass is 32.2. The van der Waals surface area contributed by atoms with E-state index in [0.29, 0.717) is 52.2 Å². The lowest BCUT2D eigenvalue weighted by Gasteiger charge is -2.20. The molecule has 1 aliphatic rings. The number of nitriles is 1. The second-order valence-electron chi connectivity index (χ2n) is 9.82. The number of hydrogen-bond donors (Lipinski definition) is 1. The van der Waals surface area contributed by atoms with Gasteiger partial charge in [-0.2, -0.15) is 5.26 Å². The Morgan fingerprint density at radius 1 is 1.00 bits per heavy atom. The van der Waals surface area contributed by atoms with E-state index in [2.05, 4.69) is 11.4 Å². The molecule has 2 heterocycles. The molecule has 1 aliphatic heterocycles. The number of benzene rings is 2. The van der Waals surface area contributed by atoms with Gasteiger partial charge in [-0.1, -0.05) is 61.6 Å². The van der Waals surface area contributed by atoms with Gasteiger partial charge in [0.2, 0.25) is 0 Å². The molecule has 0 radical (unpaired) electrons. The van der Waals surface area contributed by atoms with Crippen molar-refractivity contribution in [3.05, 3.63) is 91.6 Å². The monoisotopic (exact) mass is 602 g/mol. The Morgan fingerprint density at radius 2 is 1.62 bits per heavy atom. The maximum atomic E-state index is 13.5. The topological polar surface area (TPSA) is 96.6 Å². The first-order chi connectivity index (χ1) is 20.3. The van der Waals surface area contributed by atoms with Crippen molar-refractivity contribution in [3.63, 3.8) is 0 Å². The minimum Gasteiger partial charge on any atom is -0.497 e. The van der Waals surface area contributed by atoms with Crippen LogP contribution < -0.4 is 20.3 Å². The van der Waals surface area contributed by atoms with Gasteiger partial charge in [0, 0.05) is 25.2 Å². The summed E-state index contributed by atoms with van der Waals surface area (Å²) in [6.45, 7) is 5.12. The van der Waals surface area contributed by atoms with Crippen LogP contribution in [0.1, 0.15) is 47.6 Å². The fourth-order valence-electron chi connectivity index (χ4n) is 4.67. The first-order valence-electron chi connectivity index (χ1n) is 13.7. The van der Waals surface area contributed by atoms with Gasteiger partial charge in [-0.05, 0) is 66.8 Å². The molecule has 0 atom stereocenters. The molecule has 1 amide bonds. The molecular weight excluding hydrogens is 569 g/mol. The minimum absolute atomic E-state index is 0.0716. The van der Waals surface area contributed by atoms with Gasteiger partial charge >= 0.3 is 0 Å². The van der Waals surface area contributed by atoms with Crippen molar-refractivity contribution in [1.29, 1.82) is 5.26 Å². The smallest absolute Gasteiger partial charge is 0.270 e. The number of hydrogen-bond acceptors (Lipinski definition) is 8. The maximum Gasteiger partial charge on any atom is 0.270 e. The number of nitrogens with zero attached hydrogens (tertiary/aromatic N) is 3. The van der Waals surface area contributed by atoms with Crippen LogP contribution in [-0.2, 0) is 24.3 Å². The van der Waals surface area contributed by atoms with Crippen LogP contribution >= 0.6 is 24.0 Å². The average molecular weight is 603 g/mol. The summed E-state index contributed by atoms with van der Waals surface area (Å²) in [6.07, 6.45) is 4.04. The molecule has 0 spiro atoms. The van der Waals surface area contributed by atoms with Crippen molar-refractivity contribution in [2.75, 3.05) is 26.1 Å². The van der Waals surface area contributed by atoms with Crippen molar-refractivity contribution >= 4 is 46.1 Å². The van der Waals surface area contributed by atoms with Gasteiger partial charge in [0.1, 0.15) is 33.3 Å². The summed E-state index contributed by atoms with van der Waals surface area (Å²) >= 11 is 6.83. The molecule has 3 aromatic rings. The van der Waals surface area contributed by atoms with Crippen molar-refractivity contribution in [1.82, 2.24) is 9.47 Å². The number of carbonyl (C=O) groups is 1. The van der Waals surface area contributed by atoms with E-state index in [1.807, 2.05) is 55.5 Å². The quantitative estimate of drug-likeness (QED) is 0.202. The maximum absolute atomic E-state index is 13.5. The minimum atomic E-state index is -0.343. The molecule has 4 rings (SSSR count). The van der Waals surface area contributed by atoms with Crippen LogP contribution in [0.25, 0.3) is 6.08 Å². The number of nitrogens with one attached hydrogen (secondary N) is 1. The van der Waals surface area contributed by atoms with Crippen molar-refractivity contribution < 1.29 is 14.3 Å². The second-order valence-corrected chi connectivity index (χ2v) is 11.5. The lowest BCUT2D eigenvalue weighted by atomic mass is 10.0. The Hall–Kier alpha value is -4.07. The Labute approximate surface area is 255 Å². The fraction of sp³-hybridized carbons (Fsp3) is 0.312. The van der Waals surface area contributed by atoms with Gasteiger partial charge in [-0.15, -0.1) is 0 Å². The van der Waals surface area contributed by atoms with E-state index < -0.39 is 0 Å². The molecule has 0 bridgehead atoms. The summed E-state index contributed by atoms with van der Waals surface area (Å²) in [7, 11) is 3.24. The van der Waals surface area contributed by atoms with Gasteiger partial charge in [-0.25, -0.2) is 0 Å². The fourth-order valence-corrected chi connectivity index (χ4v) is 5.96. The molecule has 0 unspecified atom stereocenters. The number of amides is 1. The molecule has 42 heavy (non-hydrogen) atoms. The summed E-state index contributed by atoms with van der Waals surface area (Å²) in [5.74, 6) is 1.91. The zero-order valence-electron chi connectivity index (χ0n) is 24.2. The number of thioether (sulfide) groups is 1. The summed E-state index contributed by atoms with van der Waals surface area (Å²) in [4.78, 5) is 29.0. The molecule has 1 aromatic heterocycles. The van der Waals surface area contributed by atoms with Crippen LogP contribution in [-0.4, -0.2) is 40.5 Å². The number of rotatable bonds is 12. The Morgan fingerprint density at radius 3 is 2.19 bits per heavy atom. The molecule has 0 saturated carbocycles. The highest BCUT2D eigenvalue weighted by Gasteiger charge is 2.32. The predicted octanol–water partition coefficient (Wildman–Crippen LogP) is 5.90. The number of methoxy groups -OCH3 is 2. The molecule has 0 aliphatic carbocycles. The van der Waals surface area contributed by atoms with Gasteiger partial charge in [0.15, 0.2) is 0 Å². The van der Waals surface area contributed by atoms with E-state index in [-0.39, 0.29) is 17.0 Å². The number of thiocarbonyl (C=S) groups is 1. The molecular formula is C32H34N4O4S2. The zero-order valence-corrected chi connectivity index (χ0v) is 25.9. The highest BCUT2D eigenvalue weighted by molar-refractivity contribution is 8.26. The van der Waals surface area contributed by atoms with Crippen LogP contribution in [0.2, 0.25) is 0 Å². The van der Waals surface area contributed by atoms with E-state index in [9.17, 15) is 14.9 Å². The van der Waals surface area contributed by atoms with Crippen LogP contribution in [0.15, 0.2) is 58.2 Å². The predicted molar refractivity (Wildman–Crippen MR) is 172 cm³/mol. The number of aromatic nitrogens is 1. The average Bonchev–Trinajstić information content (AvgIpc) is 3.28. The molecule has 8 nitrogen and oxygen atoms in total. The molecule has 10 heteroatoms. The summed E-state index contributed by atoms with van der Waals surface area (Å²) in [5.41, 5.74) is 2.94. The first-order valence-corrected chi connectivity index (χ1v) is 15.0.